The van der Waals surface area contributed by atoms with Gasteiger partial charge in [0.15, 0.2) is 0 Å². The summed E-state index contributed by atoms with van der Waals surface area (Å²) in [6.45, 7) is 7.11. The molecular formula is C11H22ClF2N. The summed E-state index contributed by atoms with van der Waals surface area (Å²) in [5.74, 6) is -2.90. The minimum atomic E-state index is -2.49. The SMILES string of the molecule is CC(C)(C)CC(F)(F)C1CCNCC1.Cl. The van der Waals surface area contributed by atoms with Crippen molar-refractivity contribution in [3.05, 3.63) is 0 Å². The smallest absolute Gasteiger partial charge is 0.251 e. The highest BCUT2D eigenvalue weighted by Gasteiger charge is 2.42. The van der Waals surface area contributed by atoms with Crippen molar-refractivity contribution >= 4 is 12.4 Å². The summed E-state index contributed by atoms with van der Waals surface area (Å²) in [6.07, 6.45) is 1.23. The molecule has 0 saturated carbocycles. The molecule has 92 valence electrons. The van der Waals surface area contributed by atoms with Crippen LogP contribution in [0.5, 0.6) is 0 Å². The lowest BCUT2D eigenvalue weighted by Crippen LogP contribution is -2.40. The van der Waals surface area contributed by atoms with E-state index in [4.69, 9.17) is 0 Å². The van der Waals surface area contributed by atoms with E-state index in [9.17, 15) is 8.78 Å². The number of hydrogen-bond acceptors (Lipinski definition) is 1. The van der Waals surface area contributed by atoms with Gasteiger partial charge >= 0.3 is 0 Å². The Bertz CT molecular complexity index is 184. The molecule has 1 aliphatic heterocycles. The molecule has 0 spiro atoms. The third-order valence-electron chi connectivity index (χ3n) is 2.70. The molecule has 0 unspecified atom stereocenters. The fourth-order valence-corrected chi connectivity index (χ4v) is 2.10. The molecule has 1 saturated heterocycles. The highest BCUT2D eigenvalue weighted by Crippen LogP contribution is 2.40. The van der Waals surface area contributed by atoms with Gasteiger partial charge in [-0.05, 0) is 31.3 Å². The molecule has 15 heavy (non-hydrogen) atoms. The molecule has 0 aromatic carbocycles. The van der Waals surface area contributed by atoms with Gasteiger partial charge in [-0.2, -0.15) is 0 Å². The monoisotopic (exact) mass is 241 g/mol. The Morgan fingerprint density at radius 1 is 1.13 bits per heavy atom. The highest BCUT2D eigenvalue weighted by atomic mass is 35.5. The standard InChI is InChI=1S/C11H21F2N.ClH/c1-10(2,3)8-11(12,13)9-4-6-14-7-5-9;/h9,14H,4-8H2,1-3H3;1H. The third kappa shape index (κ3) is 5.12. The molecule has 1 aliphatic rings. The van der Waals surface area contributed by atoms with Crippen LogP contribution in [0.15, 0.2) is 0 Å². The van der Waals surface area contributed by atoms with Crippen LogP contribution in [0.2, 0.25) is 0 Å². The quantitative estimate of drug-likeness (QED) is 0.781. The van der Waals surface area contributed by atoms with Gasteiger partial charge in [-0.1, -0.05) is 20.8 Å². The Labute approximate surface area is 97.4 Å². The van der Waals surface area contributed by atoms with Crippen LogP contribution in [0.1, 0.15) is 40.0 Å². The number of nitrogens with one attached hydrogen (secondary N) is 1. The molecule has 0 aromatic heterocycles. The molecule has 4 heteroatoms. The van der Waals surface area contributed by atoms with Crippen molar-refractivity contribution in [3.8, 4) is 0 Å². The minimum absolute atomic E-state index is 0. The lowest BCUT2D eigenvalue weighted by molar-refractivity contribution is -0.0955. The lowest BCUT2D eigenvalue weighted by atomic mass is 9.80. The molecule has 1 N–H and O–H groups in total. The summed E-state index contributed by atoms with van der Waals surface area (Å²) in [5, 5.41) is 3.12. The number of hydrogen-bond donors (Lipinski definition) is 1. The average Bonchev–Trinajstić information content (AvgIpc) is 2.01. The summed E-state index contributed by atoms with van der Waals surface area (Å²) in [4.78, 5) is 0. The molecule has 1 heterocycles. The number of rotatable bonds is 2. The molecule has 1 fully saturated rings. The summed E-state index contributed by atoms with van der Waals surface area (Å²) < 4.78 is 27.6. The second kappa shape index (κ2) is 5.44. The van der Waals surface area contributed by atoms with E-state index in [1.807, 2.05) is 20.8 Å². The van der Waals surface area contributed by atoms with E-state index in [1.165, 1.54) is 0 Å². The molecule has 0 aliphatic carbocycles. The Morgan fingerprint density at radius 2 is 1.60 bits per heavy atom. The Kier molecular flexibility index (Phi) is 5.48. The number of piperidine rings is 1. The largest absolute Gasteiger partial charge is 0.317 e. The second-order valence-corrected chi connectivity index (χ2v) is 5.52. The van der Waals surface area contributed by atoms with Crippen LogP contribution >= 0.6 is 12.4 Å². The van der Waals surface area contributed by atoms with Crippen LogP contribution in [0, 0.1) is 11.3 Å². The van der Waals surface area contributed by atoms with Gasteiger partial charge in [0.2, 0.25) is 0 Å². The van der Waals surface area contributed by atoms with Gasteiger partial charge in [-0.25, -0.2) is 8.78 Å². The van der Waals surface area contributed by atoms with E-state index in [0.29, 0.717) is 12.8 Å². The predicted octanol–water partition coefficient (Wildman–Crippen LogP) is 3.48. The fourth-order valence-electron chi connectivity index (χ4n) is 2.10. The minimum Gasteiger partial charge on any atom is -0.317 e. The molecule has 1 nitrogen and oxygen atoms in total. The molecule has 0 bridgehead atoms. The van der Waals surface area contributed by atoms with Crippen LogP contribution in [0.25, 0.3) is 0 Å². The maximum atomic E-state index is 13.8. The topological polar surface area (TPSA) is 12.0 Å². The molecule has 0 amide bonds. The Balaban J connectivity index is 0.00000196. The first-order valence-electron chi connectivity index (χ1n) is 5.40. The highest BCUT2D eigenvalue weighted by molar-refractivity contribution is 5.85. The summed E-state index contributed by atoms with van der Waals surface area (Å²) in [6, 6.07) is 0. The summed E-state index contributed by atoms with van der Waals surface area (Å²) in [5.41, 5.74) is -0.283. The van der Waals surface area contributed by atoms with Crippen LogP contribution < -0.4 is 5.32 Å². The van der Waals surface area contributed by atoms with E-state index in [-0.39, 0.29) is 24.2 Å². The van der Waals surface area contributed by atoms with Crippen molar-refractivity contribution in [1.29, 1.82) is 0 Å². The average molecular weight is 242 g/mol. The van der Waals surface area contributed by atoms with Gasteiger partial charge in [-0.15, -0.1) is 12.4 Å². The normalized spacial score (nSPS) is 19.8. The van der Waals surface area contributed by atoms with Crippen LogP contribution in [-0.4, -0.2) is 19.0 Å². The van der Waals surface area contributed by atoms with Crippen molar-refractivity contribution in [1.82, 2.24) is 5.32 Å². The van der Waals surface area contributed by atoms with Crippen molar-refractivity contribution in [3.63, 3.8) is 0 Å². The zero-order valence-corrected chi connectivity index (χ0v) is 10.6. The van der Waals surface area contributed by atoms with E-state index in [0.717, 1.165) is 13.1 Å². The second-order valence-electron chi connectivity index (χ2n) is 5.52. The molecule has 0 aromatic rings. The van der Waals surface area contributed by atoms with E-state index in [2.05, 4.69) is 5.32 Å². The van der Waals surface area contributed by atoms with Gasteiger partial charge in [0, 0.05) is 12.3 Å². The van der Waals surface area contributed by atoms with Crippen LogP contribution in [0.4, 0.5) is 8.78 Å². The number of alkyl halides is 2. The summed E-state index contributed by atoms with van der Waals surface area (Å²) in [7, 11) is 0. The Morgan fingerprint density at radius 3 is 2.00 bits per heavy atom. The lowest BCUT2D eigenvalue weighted by Gasteiger charge is -2.34. The number of halogens is 3. The van der Waals surface area contributed by atoms with Gasteiger partial charge in [-0.3, -0.25) is 0 Å². The van der Waals surface area contributed by atoms with Gasteiger partial charge in [0.05, 0.1) is 0 Å². The van der Waals surface area contributed by atoms with E-state index >= 15 is 0 Å². The maximum absolute atomic E-state index is 13.8. The maximum Gasteiger partial charge on any atom is 0.251 e. The van der Waals surface area contributed by atoms with Gasteiger partial charge in [0.25, 0.3) is 5.92 Å². The van der Waals surface area contributed by atoms with Gasteiger partial charge < -0.3 is 5.32 Å². The van der Waals surface area contributed by atoms with E-state index < -0.39 is 11.8 Å². The van der Waals surface area contributed by atoms with E-state index in [1.54, 1.807) is 0 Å². The summed E-state index contributed by atoms with van der Waals surface area (Å²) >= 11 is 0. The Hall–Kier alpha value is 0.110. The zero-order valence-electron chi connectivity index (χ0n) is 9.78. The predicted molar refractivity (Wildman–Crippen MR) is 61.9 cm³/mol. The van der Waals surface area contributed by atoms with Crippen molar-refractivity contribution < 1.29 is 8.78 Å². The third-order valence-corrected chi connectivity index (χ3v) is 2.70. The van der Waals surface area contributed by atoms with Crippen molar-refractivity contribution in [2.24, 2.45) is 11.3 Å². The fraction of sp³-hybridized carbons (Fsp3) is 1.00. The molecular weight excluding hydrogens is 220 g/mol. The molecule has 0 radical (unpaired) electrons. The first-order valence-corrected chi connectivity index (χ1v) is 5.40. The first kappa shape index (κ1) is 15.1. The molecule has 0 atom stereocenters. The van der Waals surface area contributed by atoms with Crippen LogP contribution in [0.3, 0.4) is 0 Å². The van der Waals surface area contributed by atoms with Crippen LogP contribution in [-0.2, 0) is 0 Å². The van der Waals surface area contributed by atoms with Gasteiger partial charge in [0.1, 0.15) is 0 Å². The van der Waals surface area contributed by atoms with Crippen molar-refractivity contribution in [2.45, 2.75) is 46.0 Å². The zero-order chi connectivity index (χ0) is 10.8. The first-order chi connectivity index (χ1) is 6.31. The van der Waals surface area contributed by atoms with Crippen molar-refractivity contribution in [2.75, 3.05) is 13.1 Å². The molecule has 1 rings (SSSR count).